The molecule has 2 amide bonds. The van der Waals surface area contributed by atoms with Crippen LogP contribution in [-0.4, -0.2) is 46.6 Å². The zero-order chi connectivity index (χ0) is 22.9. The lowest BCUT2D eigenvalue weighted by Crippen LogP contribution is -2.45. The second kappa shape index (κ2) is 8.92. The van der Waals surface area contributed by atoms with Crippen LogP contribution in [0.25, 0.3) is 0 Å². The Morgan fingerprint density at radius 3 is 2.45 bits per heavy atom. The van der Waals surface area contributed by atoms with Gasteiger partial charge in [-0.15, -0.1) is 0 Å². The minimum absolute atomic E-state index is 0.0448. The number of hydrogen-bond donors (Lipinski definition) is 1. The molecule has 0 spiro atoms. The maximum atomic E-state index is 12.8. The molecule has 1 fully saturated rings. The van der Waals surface area contributed by atoms with Crippen LogP contribution < -0.4 is 15.2 Å². The van der Waals surface area contributed by atoms with Gasteiger partial charge in [-0.1, -0.05) is 0 Å². The summed E-state index contributed by atoms with van der Waals surface area (Å²) < 4.78 is 0. The van der Waals surface area contributed by atoms with Gasteiger partial charge in [-0.25, -0.2) is 15.0 Å². The summed E-state index contributed by atoms with van der Waals surface area (Å²) in [5.74, 6) is 1.83. The van der Waals surface area contributed by atoms with Crippen molar-refractivity contribution in [1.29, 1.82) is 0 Å². The highest BCUT2D eigenvalue weighted by atomic mass is 16.2. The minimum Gasteiger partial charge on any atom is -0.356 e. The number of carbonyl (C=O) groups is 2. The molecule has 33 heavy (non-hydrogen) atoms. The normalized spacial score (nSPS) is 18.8. The van der Waals surface area contributed by atoms with Crippen LogP contribution in [0.15, 0.2) is 29.4 Å². The Morgan fingerprint density at radius 1 is 1.03 bits per heavy atom. The molecule has 0 radical (unpaired) electrons. The number of rotatable bonds is 4. The summed E-state index contributed by atoms with van der Waals surface area (Å²) in [5, 5.41) is 8.84. The lowest BCUT2D eigenvalue weighted by Gasteiger charge is -2.35. The molecule has 0 unspecified atom stereocenters. The van der Waals surface area contributed by atoms with E-state index >= 15 is 0 Å². The van der Waals surface area contributed by atoms with Crippen molar-refractivity contribution in [2.75, 3.05) is 23.0 Å². The first-order valence-corrected chi connectivity index (χ1v) is 11.9. The predicted molar refractivity (Wildman–Crippen MR) is 128 cm³/mol. The number of aryl methyl sites for hydroxylation is 2. The SMILES string of the molecule is CC1=NN(c2ccc(C(=O)NC3CCN(c4nc(C)nc5c4CCCC5)CC3)cc2)C(=O)C1. The highest BCUT2D eigenvalue weighted by Gasteiger charge is 2.27. The van der Waals surface area contributed by atoms with E-state index in [0.717, 1.165) is 56.1 Å². The smallest absolute Gasteiger partial charge is 0.253 e. The van der Waals surface area contributed by atoms with Gasteiger partial charge in [0, 0.05) is 41.7 Å². The van der Waals surface area contributed by atoms with Crippen LogP contribution in [0.1, 0.15) is 66.5 Å². The maximum Gasteiger partial charge on any atom is 0.253 e. The largest absolute Gasteiger partial charge is 0.356 e. The van der Waals surface area contributed by atoms with Gasteiger partial charge in [0.05, 0.1) is 12.1 Å². The molecule has 0 saturated carbocycles. The van der Waals surface area contributed by atoms with Gasteiger partial charge >= 0.3 is 0 Å². The average molecular weight is 447 g/mol. The Bertz CT molecular complexity index is 1100. The highest BCUT2D eigenvalue weighted by molar-refractivity contribution is 6.12. The topological polar surface area (TPSA) is 90.8 Å². The van der Waals surface area contributed by atoms with E-state index in [1.165, 1.54) is 29.1 Å². The molecule has 1 aliphatic carbocycles. The molecule has 0 bridgehead atoms. The number of benzene rings is 1. The molecule has 8 heteroatoms. The molecule has 1 N–H and O–H groups in total. The van der Waals surface area contributed by atoms with E-state index in [2.05, 4.69) is 20.3 Å². The van der Waals surface area contributed by atoms with E-state index in [9.17, 15) is 9.59 Å². The highest BCUT2D eigenvalue weighted by Crippen LogP contribution is 2.30. The Kier molecular flexibility index (Phi) is 5.83. The van der Waals surface area contributed by atoms with Gasteiger partial charge < -0.3 is 10.2 Å². The van der Waals surface area contributed by atoms with E-state index in [0.29, 0.717) is 17.7 Å². The third kappa shape index (κ3) is 4.47. The number of hydrogen-bond acceptors (Lipinski definition) is 6. The number of hydrazone groups is 1. The van der Waals surface area contributed by atoms with Crippen molar-refractivity contribution in [3.8, 4) is 0 Å². The second-order valence-electron chi connectivity index (χ2n) is 9.23. The Balaban J connectivity index is 1.19. The van der Waals surface area contributed by atoms with Crippen LogP contribution in [0.5, 0.6) is 0 Å². The first-order valence-electron chi connectivity index (χ1n) is 11.9. The van der Waals surface area contributed by atoms with E-state index in [1.807, 2.05) is 13.8 Å². The number of nitrogens with zero attached hydrogens (tertiary/aromatic N) is 5. The van der Waals surface area contributed by atoms with Gasteiger partial charge in [-0.05, 0) is 76.6 Å². The molecule has 2 aliphatic heterocycles. The van der Waals surface area contributed by atoms with Crippen LogP contribution in [0.3, 0.4) is 0 Å². The number of amides is 2. The summed E-state index contributed by atoms with van der Waals surface area (Å²) in [5.41, 5.74) is 4.62. The molecule has 3 heterocycles. The first kappa shape index (κ1) is 21.6. The molecule has 172 valence electrons. The zero-order valence-corrected chi connectivity index (χ0v) is 19.3. The molecule has 1 aromatic heterocycles. The molecular formula is C25H30N6O2. The fourth-order valence-electron chi connectivity index (χ4n) is 4.97. The van der Waals surface area contributed by atoms with Gasteiger partial charge in [0.25, 0.3) is 11.8 Å². The van der Waals surface area contributed by atoms with Crippen LogP contribution in [0.4, 0.5) is 11.5 Å². The van der Waals surface area contributed by atoms with Crippen LogP contribution in [-0.2, 0) is 17.6 Å². The second-order valence-corrected chi connectivity index (χ2v) is 9.23. The van der Waals surface area contributed by atoms with E-state index in [1.54, 1.807) is 24.3 Å². The molecule has 3 aliphatic rings. The summed E-state index contributed by atoms with van der Waals surface area (Å²) in [4.78, 5) is 36.6. The maximum absolute atomic E-state index is 12.8. The lowest BCUT2D eigenvalue weighted by atomic mass is 9.95. The van der Waals surface area contributed by atoms with Crippen LogP contribution in [0, 0.1) is 6.92 Å². The summed E-state index contributed by atoms with van der Waals surface area (Å²) in [6.45, 7) is 5.57. The number of anilines is 2. The van der Waals surface area contributed by atoms with Crippen molar-refractivity contribution in [3.63, 3.8) is 0 Å². The van der Waals surface area contributed by atoms with Crippen molar-refractivity contribution < 1.29 is 9.59 Å². The zero-order valence-electron chi connectivity index (χ0n) is 19.3. The Hall–Kier alpha value is -3.29. The number of piperidine rings is 1. The number of carbonyl (C=O) groups excluding carboxylic acids is 2. The molecule has 1 aromatic carbocycles. The van der Waals surface area contributed by atoms with Gasteiger partial charge in [-0.2, -0.15) is 5.10 Å². The minimum atomic E-state index is -0.0808. The van der Waals surface area contributed by atoms with E-state index in [4.69, 9.17) is 4.98 Å². The quantitative estimate of drug-likeness (QED) is 0.779. The third-order valence-electron chi connectivity index (χ3n) is 6.69. The van der Waals surface area contributed by atoms with E-state index in [-0.39, 0.29) is 17.9 Å². The van der Waals surface area contributed by atoms with E-state index < -0.39 is 0 Å². The standard InChI is InChI=1S/C25H30N6O2/c1-16-15-23(32)31(29-16)20-9-7-18(8-10-20)25(33)28-19-11-13-30(14-12-19)24-21-5-3-4-6-22(21)26-17(2)27-24/h7-10,19H,3-6,11-15H2,1-2H3,(H,28,33). The van der Waals surface area contributed by atoms with Crippen molar-refractivity contribution in [2.45, 2.75) is 64.8 Å². The molecule has 2 aromatic rings. The van der Waals surface area contributed by atoms with Crippen LogP contribution in [0.2, 0.25) is 0 Å². The van der Waals surface area contributed by atoms with Crippen LogP contribution >= 0.6 is 0 Å². The molecular weight excluding hydrogens is 416 g/mol. The summed E-state index contributed by atoms with van der Waals surface area (Å²) in [6, 6.07) is 7.20. The molecule has 1 saturated heterocycles. The fourth-order valence-corrected chi connectivity index (χ4v) is 4.97. The predicted octanol–water partition coefficient (Wildman–Crippen LogP) is 3.18. The molecule has 8 nitrogen and oxygen atoms in total. The monoisotopic (exact) mass is 446 g/mol. The molecule has 0 atom stereocenters. The van der Waals surface area contributed by atoms with Crippen molar-refractivity contribution in [1.82, 2.24) is 15.3 Å². The number of aromatic nitrogens is 2. The number of fused-ring (bicyclic) bond motifs is 1. The van der Waals surface area contributed by atoms with Gasteiger partial charge in [0.1, 0.15) is 11.6 Å². The third-order valence-corrected chi connectivity index (χ3v) is 6.69. The van der Waals surface area contributed by atoms with Gasteiger partial charge in [0.15, 0.2) is 0 Å². The first-order chi connectivity index (χ1) is 16.0. The number of nitrogens with one attached hydrogen (secondary N) is 1. The Morgan fingerprint density at radius 2 is 1.76 bits per heavy atom. The lowest BCUT2D eigenvalue weighted by molar-refractivity contribution is -0.116. The van der Waals surface area contributed by atoms with Crippen molar-refractivity contribution in [3.05, 3.63) is 46.9 Å². The summed E-state index contributed by atoms with van der Waals surface area (Å²) >= 11 is 0. The van der Waals surface area contributed by atoms with Crippen molar-refractivity contribution >= 4 is 29.0 Å². The summed E-state index contributed by atoms with van der Waals surface area (Å²) in [6.07, 6.45) is 6.64. The fraction of sp³-hybridized carbons (Fsp3) is 0.480. The van der Waals surface area contributed by atoms with Gasteiger partial charge in [0.2, 0.25) is 0 Å². The van der Waals surface area contributed by atoms with Crippen molar-refractivity contribution in [2.24, 2.45) is 5.10 Å². The molecule has 5 rings (SSSR count). The van der Waals surface area contributed by atoms with Gasteiger partial charge in [-0.3, -0.25) is 9.59 Å². The Labute approximate surface area is 194 Å². The average Bonchev–Trinajstić information content (AvgIpc) is 3.17. The summed E-state index contributed by atoms with van der Waals surface area (Å²) in [7, 11) is 0.